The third-order valence-corrected chi connectivity index (χ3v) is 3.31. The summed E-state index contributed by atoms with van der Waals surface area (Å²) in [6, 6.07) is 0. The van der Waals surface area contributed by atoms with Crippen LogP contribution in [-0.4, -0.2) is 41.1 Å². The lowest BCUT2D eigenvalue weighted by Gasteiger charge is -2.27. The molecule has 0 saturated carbocycles. The van der Waals surface area contributed by atoms with Crippen molar-refractivity contribution in [3.63, 3.8) is 0 Å². The lowest BCUT2D eigenvalue weighted by atomic mass is 10.1. The van der Waals surface area contributed by atoms with E-state index in [9.17, 15) is 0 Å². The molecule has 0 amide bonds. The van der Waals surface area contributed by atoms with Crippen LogP contribution in [0.5, 0.6) is 0 Å². The van der Waals surface area contributed by atoms with Crippen LogP contribution < -0.4 is 4.90 Å². The fraction of sp³-hybridized carbons (Fsp3) is 0.800. The molecule has 0 bridgehead atoms. The van der Waals surface area contributed by atoms with E-state index in [2.05, 4.69) is 15.1 Å². The van der Waals surface area contributed by atoms with Gasteiger partial charge in [-0.05, 0) is 31.5 Å². The molecule has 0 spiro atoms. The van der Waals surface area contributed by atoms with Crippen molar-refractivity contribution < 1.29 is 4.74 Å². The first-order valence-electron chi connectivity index (χ1n) is 5.62. The van der Waals surface area contributed by atoms with Gasteiger partial charge in [-0.2, -0.15) is 0 Å². The molecule has 1 saturated heterocycles. The summed E-state index contributed by atoms with van der Waals surface area (Å²) in [7, 11) is 3.93. The van der Waals surface area contributed by atoms with Crippen LogP contribution in [0.15, 0.2) is 0 Å². The van der Waals surface area contributed by atoms with Crippen LogP contribution >= 0.6 is 12.2 Å². The SMILES string of the molecule is CN(CC1CCCCO1)c1n[nH]c(=S)n1C. The number of hydrogen-bond acceptors (Lipinski definition) is 4. The molecule has 1 aliphatic heterocycles. The van der Waals surface area contributed by atoms with Gasteiger partial charge in [-0.1, -0.05) is 0 Å². The Bertz CT molecular complexity index is 394. The van der Waals surface area contributed by atoms with Crippen LogP contribution in [0.1, 0.15) is 19.3 Å². The topological polar surface area (TPSA) is 46.1 Å². The number of nitrogens with zero attached hydrogens (tertiary/aromatic N) is 3. The predicted octanol–water partition coefficient (Wildman–Crippen LogP) is 1.48. The molecular weight excluding hydrogens is 224 g/mol. The Morgan fingerprint density at radius 1 is 1.62 bits per heavy atom. The van der Waals surface area contributed by atoms with E-state index in [-0.39, 0.29) is 0 Å². The van der Waals surface area contributed by atoms with Gasteiger partial charge in [0.2, 0.25) is 5.95 Å². The summed E-state index contributed by atoms with van der Waals surface area (Å²) in [5, 5.41) is 6.99. The Balaban J connectivity index is 1.99. The van der Waals surface area contributed by atoms with Crippen LogP contribution in [-0.2, 0) is 11.8 Å². The van der Waals surface area contributed by atoms with E-state index in [1.54, 1.807) is 0 Å². The quantitative estimate of drug-likeness (QED) is 0.816. The molecule has 2 heterocycles. The van der Waals surface area contributed by atoms with Crippen molar-refractivity contribution in [1.82, 2.24) is 14.8 Å². The van der Waals surface area contributed by atoms with Gasteiger partial charge in [0, 0.05) is 27.2 Å². The first-order chi connectivity index (χ1) is 7.68. The van der Waals surface area contributed by atoms with E-state index in [0.29, 0.717) is 10.9 Å². The molecule has 0 aliphatic carbocycles. The van der Waals surface area contributed by atoms with Crippen LogP contribution in [0.2, 0.25) is 0 Å². The number of nitrogens with one attached hydrogen (secondary N) is 1. The number of ether oxygens (including phenoxy) is 1. The van der Waals surface area contributed by atoms with Gasteiger partial charge in [-0.3, -0.25) is 4.57 Å². The zero-order valence-corrected chi connectivity index (χ0v) is 10.6. The first kappa shape index (κ1) is 11.6. The first-order valence-corrected chi connectivity index (χ1v) is 6.03. The highest BCUT2D eigenvalue weighted by atomic mass is 32.1. The maximum atomic E-state index is 5.70. The molecule has 1 fully saturated rings. The molecule has 1 aromatic rings. The van der Waals surface area contributed by atoms with Gasteiger partial charge in [-0.15, -0.1) is 5.10 Å². The largest absolute Gasteiger partial charge is 0.376 e. The highest BCUT2D eigenvalue weighted by Gasteiger charge is 2.18. The van der Waals surface area contributed by atoms with Crippen molar-refractivity contribution in [3.05, 3.63) is 4.77 Å². The van der Waals surface area contributed by atoms with E-state index in [1.165, 1.54) is 12.8 Å². The van der Waals surface area contributed by atoms with E-state index in [0.717, 1.165) is 25.5 Å². The van der Waals surface area contributed by atoms with Gasteiger partial charge in [0.05, 0.1) is 6.10 Å². The average molecular weight is 242 g/mol. The molecule has 6 heteroatoms. The van der Waals surface area contributed by atoms with Gasteiger partial charge in [0.1, 0.15) is 0 Å². The second kappa shape index (κ2) is 4.97. The smallest absolute Gasteiger partial charge is 0.225 e. The van der Waals surface area contributed by atoms with Crippen molar-refractivity contribution in [1.29, 1.82) is 0 Å². The second-order valence-electron chi connectivity index (χ2n) is 4.26. The van der Waals surface area contributed by atoms with Crippen LogP contribution in [0.4, 0.5) is 5.95 Å². The highest BCUT2D eigenvalue weighted by Crippen LogP contribution is 2.16. The maximum Gasteiger partial charge on any atom is 0.225 e. The fourth-order valence-corrected chi connectivity index (χ4v) is 2.15. The van der Waals surface area contributed by atoms with Crippen LogP contribution in [0, 0.1) is 4.77 Å². The maximum absolute atomic E-state index is 5.70. The van der Waals surface area contributed by atoms with Crippen LogP contribution in [0.25, 0.3) is 0 Å². The minimum atomic E-state index is 0.323. The number of rotatable bonds is 3. The molecule has 90 valence electrons. The van der Waals surface area contributed by atoms with Gasteiger partial charge in [0.15, 0.2) is 4.77 Å². The Morgan fingerprint density at radius 2 is 2.44 bits per heavy atom. The summed E-state index contributed by atoms with van der Waals surface area (Å²) < 4.78 is 8.22. The summed E-state index contributed by atoms with van der Waals surface area (Å²) in [5.41, 5.74) is 0. The molecular formula is C10H18N4OS. The Hall–Kier alpha value is -0.880. The summed E-state index contributed by atoms with van der Waals surface area (Å²) in [6.07, 6.45) is 3.91. The number of H-pyrrole nitrogens is 1. The van der Waals surface area contributed by atoms with Gasteiger partial charge in [0.25, 0.3) is 0 Å². The zero-order valence-electron chi connectivity index (χ0n) is 9.77. The lowest BCUT2D eigenvalue weighted by molar-refractivity contribution is 0.0214. The molecule has 0 aromatic carbocycles. The summed E-state index contributed by atoms with van der Waals surface area (Å²) in [5.74, 6) is 0.860. The molecule has 1 N–H and O–H groups in total. The number of anilines is 1. The van der Waals surface area contributed by atoms with E-state index < -0.39 is 0 Å². The Morgan fingerprint density at radius 3 is 3.00 bits per heavy atom. The minimum Gasteiger partial charge on any atom is -0.376 e. The van der Waals surface area contributed by atoms with Crippen molar-refractivity contribution in [2.45, 2.75) is 25.4 Å². The van der Waals surface area contributed by atoms with Crippen LogP contribution in [0.3, 0.4) is 0 Å². The number of aromatic nitrogens is 3. The molecule has 0 radical (unpaired) electrons. The minimum absolute atomic E-state index is 0.323. The normalized spacial score (nSPS) is 21.0. The molecule has 1 aliphatic rings. The predicted molar refractivity (Wildman–Crippen MR) is 65.3 cm³/mol. The molecule has 1 unspecified atom stereocenters. The molecule has 5 nitrogen and oxygen atoms in total. The summed E-state index contributed by atoms with van der Waals surface area (Å²) >= 11 is 5.08. The number of likely N-dealkylation sites (N-methyl/N-ethyl adjacent to an activating group) is 1. The number of aromatic amines is 1. The highest BCUT2D eigenvalue weighted by molar-refractivity contribution is 7.71. The average Bonchev–Trinajstić information content (AvgIpc) is 2.61. The third-order valence-electron chi connectivity index (χ3n) is 2.95. The second-order valence-corrected chi connectivity index (χ2v) is 4.64. The zero-order chi connectivity index (χ0) is 11.5. The van der Waals surface area contributed by atoms with E-state index in [1.807, 2.05) is 18.7 Å². The third kappa shape index (κ3) is 2.44. The van der Waals surface area contributed by atoms with E-state index >= 15 is 0 Å². The van der Waals surface area contributed by atoms with Gasteiger partial charge < -0.3 is 9.64 Å². The van der Waals surface area contributed by atoms with Crippen molar-refractivity contribution in [2.75, 3.05) is 25.1 Å². The Kier molecular flexibility index (Phi) is 3.60. The van der Waals surface area contributed by atoms with Crippen molar-refractivity contribution in [2.24, 2.45) is 7.05 Å². The van der Waals surface area contributed by atoms with Gasteiger partial charge >= 0.3 is 0 Å². The standard InChI is InChI=1S/C10H18N4OS/c1-13(7-8-5-3-4-6-15-8)9-11-12-10(16)14(9)2/h8H,3-7H2,1-2H3,(H,12,16). The summed E-state index contributed by atoms with van der Waals surface area (Å²) in [6.45, 7) is 1.75. The Labute approximate surface area is 100 Å². The van der Waals surface area contributed by atoms with Gasteiger partial charge in [-0.25, -0.2) is 5.10 Å². The molecule has 2 rings (SSSR count). The summed E-state index contributed by atoms with van der Waals surface area (Å²) in [4.78, 5) is 2.09. The van der Waals surface area contributed by atoms with E-state index in [4.69, 9.17) is 17.0 Å². The molecule has 1 atom stereocenters. The van der Waals surface area contributed by atoms with Crippen molar-refractivity contribution >= 4 is 18.2 Å². The fourth-order valence-electron chi connectivity index (χ4n) is 2.02. The van der Waals surface area contributed by atoms with Crippen molar-refractivity contribution in [3.8, 4) is 0 Å². The molecule has 1 aromatic heterocycles. The monoisotopic (exact) mass is 242 g/mol. The molecule has 16 heavy (non-hydrogen) atoms. The number of hydrogen-bond donors (Lipinski definition) is 1. The lowest BCUT2D eigenvalue weighted by Crippen LogP contribution is -2.34.